The van der Waals surface area contributed by atoms with Crippen molar-refractivity contribution in [2.24, 2.45) is 5.92 Å². The normalized spacial score (nSPS) is 24.7. The van der Waals surface area contributed by atoms with Gasteiger partial charge < -0.3 is 14.9 Å². The van der Waals surface area contributed by atoms with Crippen molar-refractivity contribution in [3.63, 3.8) is 0 Å². The van der Waals surface area contributed by atoms with Gasteiger partial charge in [-0.25, -0.2) is 0 Å². The average molecular weight is 354 g/mol. The molecule has 3 rings (SSSR count). The van der Waals surface area contributed by atoms with Crippen LogP contribution in [0.2, 0.25) is 0 Å². The summed E-state index contributed by atoms with van der Waals surface area (Å²) in [6, 6.07) is 7.76. The smallest absolute Gasteiger partial charge is 0.242 e. The van der Waals surface area contributed by atoms with E-state index in [1.54, 1.807) is 9.80 Å². The minimum Gasteiger partial charge on any atom is -0.394 e. The fourth-order valence-corrected chi connectivity index (χ4v) is 3.93. The van der Waals surface area contributed by atoms with Crippen LogP contribution in [0.3, 0.4) is 0 Å². The molecule has 0 aromatic heterocycles. The van der Waals surface area contributed by atoms with E-state index in [2.05, 4.69) is 25.7 Å². The predicted octanol–water partition coefficient (Wildman–Crippen LogP) is 1.60. The lowest BCUT2D eigenvalue weighted by molar-refractivity contribution is -0.166. The van der Waals surface area contributed by atoms with Gasteiger partial charge in [0.2, 0.25) is 11.8 Å². The first kappa shape index (κ1) is 18.5. The largest absolute Gasteiger partial charge is 0.394 e. The Balaban J connectivity index is 1.81. The van der Waals surface area contributed by atoms with Crippen LogP contribution in [-0.4, -0.2) is 58.5 Å². The Morgan fingerprint density at radius 3 is 2.58 bits per heavy atom. The molecule has 2 aliphatic rings. The molecular weight excluding hydrogens is 328 g/mol. The third kappa shape index (κ3) is 3.34. The lowest BCUT2D eigenvalue weighted by Gasteiger charge is -2.58. The molecule has 0 unspecified atom stereocenters. The lowest BCUT2D eigenvalue weighted by atomic mass is 9.73. The van der Waals surface area contributed by atoms with Gasteiger partial charge in [0.1, 0.15) is 0 Å². The van der Waals surface area contributed by atoms with E-state index in [9.17, 15) is 14.7 Å². The highest BCUT2D eigenvalue weighted by atomic mass is 16.3. The molecule has 2 fully saturated rings. The number of aliphatic hydroxyl groups is 1. The van der Waals surface area contributed by atoms with Gasteiger partial charge >= 0.3 is 0 Å². The first-order chi connectivity index (χ1) is 12.5. The maximum atomic E-state index is 12.4. The summed E-state index contributed by atoms with van der Waals surface area (Å²) < 4.78 is 0. The molecule has 0 radical (unpaired) electrons. The Kier molecular flexibility index (Phi) is 5.33. The second-order valence-electron chi connectivity index (χ2n) is 7.32. The molecule has 2 heterocycles. The summed E-state index contributed by atoms with van der Waals surface area (Å²) in [5, 5.41) is 9.80. The minimum absolute atomic E-state index is 0.00325. The van der Waals surface area contributed by atoms with Crippen LogP contribution < -0.4 is 0 Å². The van der Waals surface area contributed by atoms with E-state index in [0.717, 1.165) is 11.1 Å². The van der Waals surface area contributed by atoms with Crippen molar-refractivity contribution in [1.29, 1.82) is 0 Å². The third-order valence-electron chi connectivity index (χ3n) is 5.21. The minimum atomic E-state index is -0.209. The molecular formula is C21H26N2O3. The van der Waals surface area contributed by atoms with Crippen LogP contribution in [0.5, 0.6) is 0 Å². The van der Waals surface area contributed by atoms with E-state index < -0.39 is 0 Å². The van der Waals surface area contributed by atoms with E-state index in [0.29, 0.717) is 18.9 Å². The van der Waals surface area contributed by atoms with Gasteiger partial charge in [-0.1, -0.05) is 44.7 Å². The predicted molar refractivity (Wildman–Crippen MR) is 99.3 cm³/mol. The zero-order valence-electron chi connectivity index (χ0n) is 15.6. The molecule has 1 N–H and O–H groups in total. The van der Waals surface area contributed by atoms with E-state index in [1.165, 1.54) is 0 Å². The van der Waals surface area contributed by atoms with Gasteiger partial charge in [-0.2, -0.15) is 0 Å². The van der Waals surface area contributed by atoms with Gasteiger partial charge in [0.25, 0.3) is 0 Å². The first-order valence-corrected chi connectivity index (χ1v) is 9.27. The van der Waals surface area contributed by atoms with Crippen molar-refractivity contribution >= 4 is 11.8 Å². The van der Waals surface area contributed by atoms with Crippen LogP contribution in [0.4, 0.5) is 0 Å². The van der Waals surface area contributed by atoms with Gasteiger partial charge in [0, 0.05) is 30.4 Å². The SMILES string of the molecule is CCC(=O)N1CC(=O)N2[C@H](C1)[C@H](c1ccc(C#CC(C)C)cc1)[C@@H]2CO. The molecule has 2 aliphatic heterocycles. The standard InChI is InChI=1S/C21H26N2O3/c1-4-19(25)22-11-17-21(18(13-24)23(17)20(26)12-22)16-9-7-15(8-10-16)6-5-14(2)3/h7-10,14,17-18,21,24H,4,11-13H2,1-3H3/t17-,18+,21+/m1/s1. The molecule has 138 valence electrons. The topological polar surface area (TPSA) is 60.9 Å². The highest BCUT2D eigenvalue weighted by Gasteiger charge is 2.54. The Bertz CT molecular complexity index is 745. The van der Waals surface area contributed by atoms with Crippen molar-refractivity contribution in [2.75, 3.05) is 19.7 Å². The van der Waals surface area contributed by atoms with Gasteiger partial charge in [-0.05, 0) is 17.7 Å². The number of benzene rings is 1. The number of aliphatic hydroxyl groups excluding tert-OH is 1. The Morgan fingerprint density at radius 2 is 2.00 bits per heavy atom. The maximum absolute atomic E-state index is 12.4. The molecule has 2 amide bonds. The molecule has 3 atom stereocenters. The number of hydrogen-bond donors (Lipinski definition) is 1. The second kappa shape index (κ2) is 7.51. The average Bonchev–Trinajstić information content (AvgIpc) is 2.61. The summed E-state index contributed by atoms with van der Waals surface area (Å²) in [4.78, 5) is 27.9. The van der Waals surface area contributed by atoms with Crippen molar-refractivity contribution < 1.29 is 14.7 Å². The summed E-state index contributed by atoms with van der Waals surface area (Å²) in [6.45, 7) is 6.51. The number of nitrogens with zero attached hydrogens (tertiary/aromatic N) is 2. The van der Waals surface area contributed by atoms with Crippen molar-refractivity contribution in [1.82, 2.24) is 9.80 Å². The number of piperazine rings is 1. The lowest BCUT2D eigenvalue weighted by Crippen LogP contribution is -2.73. The van der Waals surface area contributed by atoms with Crippen LogP contribution in [0.25, 0.3) is 0 Å². The molecule has 0 saturated carbocycles. The van der Waals surface area contributed by atoms with Gasteiger partial charge in [0.15, 0.2) is 0 Å². The molecule has 5 heteroatoms. The number of fused-ring (bicyclic) bond motifs is 1. The van der Waals surface area contributed by atoms with Crippen molar-refractivity contribution in [3.05, 3.63) is 35.4 Å². The molecule has 2 saturated heterocycles. The van der Waals surface area contributed by atoms with Gasteiger partial charge in [0.05, 0.1) is 25.2 Å². The van der Waals surface area contributed by atoms with Gasteiger partial charge in [-0.3, -0.25) is 9.59 Å². The molecule has 1 aromatic rings. The zero-order chi connectivity index (χ0) is 18.8. The van der Waals surface area contributed by atoms with Crippen LogP contribution in [0.15, 0.2) is 24.3 Å². The number of carbonyl (C=O) groups excluding carboxylic acids is 2. The van der Waals surface area contributed by atoms with Crippen molar-refractivity contribution in [3.8, 4) is 11.8 Å². The molecule has 0 spiro atoms. The monoisotopic (exact) mass is 354 g/mol. The number of hydrogen-bond acceptors (Lipinski definition) is 3. The molecule has 1 aromatic carbocycles. The summed E-state index contributed by atoms with van der Waals surface area (Å²) in [7, 11) is 0. The molecule has 5 nitrogen and oxygen atoms in total. The van der Waals surface area contributed by atoms with Crippen LogP contribution >= 0.6 is 0 Å². The fourth-order valence-electron chi connectivity index (χ4n) is 3.93. The molecule has 0 bridgehead atoms. The summed E-state index contributed by atoms with van der Waals surface area (Å²) in [5.41, 5.74) is 2.04. The number of rotatable bonds is 3. The molecule has 0 aliphatic carbocycles. The van der Waals surface area contributed by atoms with Crippen LogP contribution in [0, 0.1) is 17.8 Å². The number of amides is 2. The van der Waals surface area contributed by atoms with Crippen LogP contribution in [-0.2, 0) is 9.59 Å². The van der Waals surface area contributed by atoms with E-state index >= 15 is 0 Å². The van der Waals surface area contributed by atoms with E-state index in [1.807, 2.05) is 31.2 Å². The third-order valence-corrected chi connectivity index (χ3v) is 5.21. The Morgan fingerprint density at radius 1 is 1.31 bits per heavy atom. The zero-order valence-corrected chi connectivity index (χ0v) is 15.6. The Hall–Kier alpha value is -2.32. The highest BCUT2D eigenvalue weighted by molar-refractivity contribution is 5.87. The quantitative estimate of drug-likeness (QED) is 0.839. The maximum Gasteiger partial charge on any atom is 0.242 e. The summed E-state index contributed by atoms with van der Waals surface area (Å²) in [5.74, 6) is 6.59. The first-order valence-electron chi connectivity index (χ1n) is 9.27. The van der Waals surface area contributed by atoms with Crippen molar-refractivity contribution in [2.45, 2.75) is 45.2 Å². The number of carbonyl (C=O) groups is 2. The van der Waals surface area contributed by atoms with E-state index in [-0.39, 0.29) is 43.0 Å². The van der Waals surface area contributed by atoms with E-state index in [4.69, 9.17) is 0 Å². The Labute approximate surface area is 155 Å². The summed E-state index contributed by atoms with van der Waals surface area (Å²) in [6.07, 6.45) is 0.400. The second-order valence-corrected chi connectivity index (χ2v) is 7.32. The molecule has 26 heavy (non-hydrogen) atoms. The van der Waals surface area contributed by atoms with Gasteiger partial charge in [-0.15, -0.1) is 0 Å². The summed E-state index contributed by atoms with van der Waals surface area (Å²) >= 11 is 0. The van der Waals surface area contributed by atoms with Crippen LogP contribution in [0.1, 0.15) is 44.2 Å². The highest BCUT2D eigenvalue weighted by Crippen LogP contribution is 2.42. The fraction of sp³-hybridized carbons (Fsp3) is 0.524.